The molecule has 0 unspecified atom stereocenters. The van der Waals surface area contributed by atoms with Crippen molar-refractivity contribution in [1.29, 1.82) is 0 Å². The van der Waals surface area contributed by atoms with Gasteiger partial charge >= 0.3 is 0 Å². The molecule has 0 aliphatic heterocycles. The smallest absolute Gasteiger partial charge is 0.263 e. The highest BCUT2D eigenvalue weighted by Gasteiger charge is 2.17. The maximum atomic E-state index is 13.0. The van der Waals surface area contributed by atoms with Gasteiger partial charge in [0.25, 0.3) is 5.56 Å². The second-order valence-corrected chi connectivity index (χ2v) is 9.11. The maximum Gasteiger partial charge on any atom is 0.263 e. The minimum absolute atomic E-state index is 0.0719. The number of amides is 1. The Balaban J connectivity index is 1.71. The van der Waals surface area contributed by atoms with Crippen molar-refractivity contribution in [3.05, 3.63) is 69.3 Å². The lowest BCUT2D eigenvalue weighted by molar-refractivity contribution is -0.118. The van der Waals surface area contributed by atoms with Gasteiger partial charge in [0, 0.05) is 18.0 Å². The number of nitrogens with zero attached hydrogens (tertiary/aromatic N) is 2. The van der Waals surface area contributed by atoms with E-state index in [2.05, 4.69) is 35.9 Å². The summed E-state index contributed by atoms with van der Waals surface area (Å²) in [5, 5.41) is 4.19. The summed E-state index contributed by atoms with van der Waals surface area (Å²) in [4.78, 5) is 31.8. The Hall–Kier alpha value is -2.38. The Labute approximate surface area is 178 Å². The first kappa shape index (κ1) is 21.3. The van der Waals surface area contributed by atoms with Crippen molar-refractivity contribution in [1.82, 2.24) is 14.9 Å². The van der Waals surface area contributed by atoms with Gasteiger partial charge in [0.05, 0.1) is 11.1 Å². The average Bonchev–Trinajstić information content (AvgIpc) is 3.01. The molecule has 0 spiro atoms. The summed E-state index contributed by atoms with van der Waals surface area (Å²) in [6, 6.07) is 10.1. The molecule has 2 aromatic heterocycles. The Bertz CT molecular complexity index is 1090. The van der Waals surface area contributed by atoms with E-state index in [-0.39, 0.29) is 23.1 Å². The number of aryl methyl sites for hydroxylation is 2. The van der Waals surface area contributed by atoms with Gasteiger partial charge in [0.1, 0.15) is 4.83 Å². The quantitative estimate of drug-likeness (QED) is 0.331. The van der Waals surface area contributed by atoms with Crippen molar-refractivity contribution < 1.29 is 4.79 Å². The zero-order chi connectivity index (χ0) is 21.0. The molecule has 1 amide bonds. The van der Waals surface area contributed by atoms with Crippen molar-refractivity contribution in [3.8, 4) is 0 Å². The fraction of sp³-hybridized carbons (Fsp3) is 0.318. The number of rotatable bonds is 8. The predicted molar refractivity (Wildman–Crippen MR) is 122 cm³/mol. The fourth-order valence-electron chi connectivity index (χ4n) is 3.06. The number of aromatic nitrogens is 2. The summed E-state index contributed by atoms with van der Waals surface area (Å²) < 4.78 is 1.60. The number of benzene rings is 1. The molecule has 0 radical (unpaired) electrons. The molecular formula is C22H25N3O2S2. The minimum Gasteiger partial charge on any atom is -0.355 e. The summed E-state index contributed by atoms with van der Waals surface area (Å²) in [5.74, 6) is 0.367. The highest BCUT2D eigenvalue weighted by Crippen LogP contribution is 2.28. The number of thiophene rings is 1. The van der Waals surface area contributed by atoms with Crippen LogP contribution in [0.3, 0.4) is 0 Å². The van der Waals surface area contributed by atoms with Crippen LogP contribution in [-0.2, 0) is 11.3 Å². The van der Waals surface area contributed by atoms with Crippen LogP contribution in [0.5, 0.6) is 0 Å². The van der Waals surface area contributed by atoms with Gasteiger partial charge in [-0.1, -0.05) is 55.1 Å². The highest BCUT2D eigenvalue weighted by molar-refractivity contribution is 7.99. The lowest BCUT2D eigenvalue weighted by Crippen LogP contribution is -2.29. The SMILES string of the molecule is C=CCn1c(SCC(=O)NC[C@@H](C)c2ccccc2)nc2sc(C)c(C)c2c1=O. The summed E-state index contributed by atoms with van der Waals surface area (Å²) in [6.45, 7) is 10.7. The topological polar surface area (TPSA) is 64.0 Å². The molecule has 7 heteroatoms. The van der Waals surface area contributed by atoms with Gasteiger partial charge in [-0.2, -0.15) is 0 Å². The largest absolute Gasteiger partial charge is 0.355 e. The number of thioether (sulfide) groups is 1. The van der Waals surface area contributed by atoms with E-state index in [1.807, 2.05) is 32.0 Å². The first-order chi connectivity index (χ1) is 13.9. The van der Waals surface area contributed by atoms with E-state index in [9.17, 15) is 9.59 Å². The van der Waals surface area contributed by atoms with Crippen molar-refractivity contribution in [3.63, 3.8) is 0 Å². The molecule has 0 aliphatic rings. The van der Waals surface area contributed by atoms with Crippen LogP contribution in [0, 0.1) is 13.8 Å². The van der Waals surface area contributed by atoms with Gasteiger partial charge in [-0.05, 0) is 30.9 Å². The number of hydrogen-bond acceptors (Lipinski definition) is 5. The molecule has 152 valence electrons. The normalized spacial score (nSPS) is 12.1. The number of nitrogens with one attached hydrogen (secondary N) is 1. The van der Waals surface area contributed by atoms with E-state index in [1.165, 1.54) is 28.7 Å². The zero-order valence-electron chi connectivity index (χ0n) is 16.9. The lowest BCUT2D eigenvalue weighted by Gasteiger charge is -2.13. The van der Waals surface area contributed by atoms with Gasteiger partial charge < -0.3 is 5.32 Å². The molecule has 1 aromatic carbocycles. The molecule has 0 aliphatic carbocycles. The molecule has 0 bridgehead atoms. The Morgan fingerprint density at radius 1 is 1.34 bits per heavy atom. The number of carbonyl (C=O) groups is 1. The standard InChI is InChI=1S/C22H25N3O2S2/c1-5-11-25-21(27)19-15(3)16(4)29-20(19)24-22(25)28-13-18(26)23-12-14(2)17-9-7-6-8-10-17/h5-10,14H,1,11-13H2,2-4H3,(H,23,26)/t14-/m1/s1. The number of allylic oxidation sites excluding steroid dienone is 1. The third kappa shape index (κ3) is 4.79. The van der Waals surface area contributed by atoms with E-state index in [0.29, 0.717) is 23.6 Å². The molecule has 0 saturated carbocycles. The number of carbonyl (C=O) groups excluding carboxylic acids is 1. The first-order valence-corrected chi connectivity index (χ1v) is 11.3. The van der Waals surface area contributed by atoms with Crippen LogP contribution < -0.4 is 10.9 Å². The summed E-state index contributed by atoms with van der Waals surface area (Å²) >= 11 is 2.80. The van der Waals surface area contributed by atoms with Crippen LogP contribution in [0.2, 0.25) is 0 Å². The highest BCUT2D eigenvalue weighted by atomic mass is 32.2. The molecule has 3 aromatic rings. The molecule has 3 rings (SSSR count). The molecule has 29 heavy (non-hydrogen) atoms. The fourth-order valence-corrected chi connectivity index (χ4v) is 4.97. The molecule has 1 N–H and O–H groups in total. The van der Waals surface area contributed by atoms with Crippen molar-refractivity contribution in [2.45, 2.75) is 38.4 Å². The minimum atomic E-state index is -0.0733. The molecule has 0 fully saturated rings. The molecule has 1 atom stereocenters. The summed E-state index contributed by atoms with van der Waals surface area (Å²) in [7, 11) is 0. The van der Waals surface area contributed by atoms with Gasteiger partial charge in [-0.25, -0.2) is 4.98 Å². The van der Waals surface area contributed by atoms with E-state index in [1.54, 1.807) is 10.6 Å². The summed E-state index contributed by atoms with van der Waals surface area (Å²) in [6.07, 6.45) is 1.68. The predicted octanol–water partition coefficient (Wildman–Crippen LogP) is 4.27. The van der Waals surface area contributed by atoms with Crippen LogP contribution in [0.1, 0.15) is 28.8 Å². The third-order valence-electron chi connectivity index (χ3n) is 4.87. The van der Waals surface area contributed by atoms with Gasteiger partial charge in [-0.15, -0.1) is 17.9 Å². The third-order valence-corrected chi connectivity index (χ3v) is 6.95. The second kappa shape index (κ2) is 9.41. The van der Waals surface area contributed by atoms with Crippen LogP contribution in [0.15, 0.2) is 52.9 Å². The van der Waals surface area contributed by atoms with Crippen LogP contribution in [0.25, 0.3) is 10.2 Å². The second-order valence-electron chi connectivity index (χ2n) is 6.97. The van der Waals surface area contributed by atoms with Crippen LogP contribution >= 0.6 is 23.1 Å². The monoisotopic (exact) mass is 427 g/mol. The van der Waals surface area contributed by atoms with Gasteiger partial charge in [0.2, 0.25) is 5.91 Å². The average molecular weight is 428 g/mol. The van der Waals surface area contributed by atoms with Gasteiger partial charge in [-0.3, -0.25) is 14.2 Å². The Morgan fingerprint density at radius 2 is 2.07 bits per heavy atom. The van der Waals surface area contributed by atoms with Crippen molar-refractivity contribution in [2.24, 2.45) is 0 Å². The Kier molecular flexibility index (Phi) is 6.92. The van der Waals surface area contributed by atoms with E-state index in [0.717, 1.165) is 15.3 Å². The first-order valence-electron chi connectivity index (χ1n) is 9.48. The number of fused-ring (bicyclic) bond motifs is 1. The summed E-state index contributed by atoms with van der Waals surface area (Å²) in [5.41, 5.74) is 2.10. The Morgan fingerprint density at radius 3 is 2.76 bits per heavy atom. The van der Waals surface area contributed by atoms with Crippen LogP contribution in [-0.4, -0.2) is 27.8 Å². The molecule has 5 nitrogen and oxygen atoms in total. The molecular weight excluding hydrogens is 402 g/mol. The number of hydrogen-bond donors (Lipinski definition) is 1. The lowest BCUT2D eigenvalue weighted by atomic mass is 10.0. The van der Waals surface area contributed by atoms with E-state index < -0.39 is 0 Å². The van der Waals surface area contributed by atoms with E-state index in [4.69, 9.17) is 0 Å². The van der Waals surface area contributed by atoms with E-state index >= 15 is 0 Å². The zero-order valence-corrected chi connectivity index (χ0v) is 18.5. The maximum absolute atomic E-state index is 13.0. The van der Waals surface area contributed by atoms with Crippen LogP contribution in [0.4, 0.5) is 0 Å². The van der Waals surface area contributed by atoms with Crippen molar-refractivity contribution in [2.75, 3.05) is 12.3 Å². The van der Waals surface area contributed by atoms with Gasteiger partial charge in [0.15, 0.2) is 5.16 Å². The molecule has 0 saturated heterocycles. The molecule has 2 heterocycles. The van der Waals surface area contributed by atoms with Crippen molar-refractivity contribution >= 4 is 39.2 Å².